The molecule has 0 rings (SSSR count). The summed E-state index contributed by atoms with van der Waals surface area (Å²) in [7, 11) is -0.929. The van der Waals surface area contributed by atoms with Crippen LogP contribution in [0.3, 0.4) is 0 Å². The predicted octanol–water partition coefficient (Wildman–Crippen LogP) is 1.00. The van der Waals surface area contributed by atoms with Crippen molar-refractivity contribution >= 4 is 8.07 Å². The summed E-state index contributed by atoms with van der Waals surface area (Å²) in [5.74, 6) is 0. The minimum atomic E-state index is -0.929. The predicted molar refractivity (Wildman–Crippen MR) is 49.8 cm³/mol. The summed E-state index contributed by atoms with van der Waals surface area (Å²) < 4.78 is 0. The van der Waals surface area contributed by atoms with E-state index in [0.29, 0.717) is 0 Å². The van der Waals surface area contributed by atoms with E-state index in [1.54, 1.807) is 0 Å². The number of hydrogen-bond acceptors (Lipinski definition) is 2. The van der Waals surface area contributed by atoms with Crippen molar-refractivity contribution in [3.8, 4) is 0 Å². The van der Waals surface area contributed by atoms with Gasteiger partial charge in [0.05, 0.1) is 0 Å². The highest BCUT2D eigenvalue weighted by Crippen LogP contribution is 2.15. The second-order valence-corrected chi connectivity index (χ2v) is 8.92. The molecule has 0 amide bonds. The number of nitrogens with two attached hydrogens (primary N) is 2. The molecule has 62 valence electrons. The Kier molecular flexibility index (Phi) is 4.94. The maximum absolute atomic E-state index is 5.49. The van der Waals surface area contributed by atoms with Crippen molar-refractivity contribution in [2.75, 3.05) is 13.1 Å². The Labute approximate surface area is 65.0 Å². The summed E-state index contributed by atoms with van der Waals surface area (Å²) >= 11 is 0. The third-order valence-corrected chi connectivity index (χ3v) is 5.23. The molecular formula is C7H20N2Si. The molecule has 0 saturated heterocycles. The first-order chi connectivity index (χ1) is 4.62. The van der Waals surface area contributed by atoms with Crippen LogP contribution >= 0.6 is 0 Å². The van der Waals surface area contributed by atoms with Gasteiger partial charge in [-0.05, 0) is 25.6 Å². The van der Waals surface area contributed by atoms with Crippen LogP contribution in [-0.2, 0) is 0 Å². The molecule has 10 heavy (non-hydrogen) atoms. The van der Waals surface area contributed by atoms with Gasteiger partial charge in [0.15, 0.2) is 0 Å². The van der Waals surface area contributed by atoms with Crippen LogP contribution in [0.25, 0.3) is 0 Å². The highest BCUT2D eigenvalue weighted by Gasteiger charge is 2.17. The Morgan fingerprint density at radius 1 is 1.00 bits per heavy atom. The lowest BCUT2D eigenvalue weighted by Gasteiger charge is -2.20. The van der Waals surface area contributed by atoms with Crippen LogP contribution in [0.1, 0.15) is 6.42 Å². The first-order valence-corrected chi connectivity index (χ1v) is 7.44. The van der Waals surface area contributed by atoms with Crippen molar-refractivity contribution in [2.24, 2.45) is 11.5 Å². The first-order valence-electron chi connectivity index (χ1n) is 4.02. The van der Waals surface area contributed by atoms with Gasteiger partial charge in [0.1, 0.15) is 0 Å². The molecule has 0 heterocycles. The maximum atomic E-state index is 5.49. The second-order valence-electron chi connectivity index (χ2n) is 3.60. The summed E-state index contributed by atoms with van der Waals surface area (Å²) in [6.45, 7) is 6.45. The Balaban J connectivity index is 3.42. The zero-order chi connectivity index (χ0) is 8.04. The Morgan fingerprint density at radius 3 is 2.00 bits per heavy atom. The zero-order valence-corrected chi connectivity index (χ0v) is 8.19. The quantitative estimate of drug-likeness (QED) is 0.590. The lowest BCUT2D eigenvalue weighted by Crippen LogP contribution is -2.28. The zero-order valence-electron chi connectivity index (χ0n) is 7.19. The van der Waals surface area contributed by atoms with E-state index in [1.807, 2.05) is 0 Å². The molecule has 0 unspecified atom stereocenters. The third-order valence-electron chi connectivity index (χ3n) is 1.88. The van der Waals surface area contributed by atoms with Crippen molar-refractivity contribution in [1.29, 1.82) is 0 Å². The average Bonchev–Trinajstić information content (AvgIpc) is 1.84. The molecule has 0 spiro atoms. The number of rotatable bonds is 5. The largest absolute Gasteiger partial charge is 0.331 e. The van der Waals surface area contributed by atoms with Crippen molar-refractivity contribution in [3.05, 3.63) is 0 Å². The van der Waals surface area contributed by atoms with Crippen molar-refractivity contribution < 1.29 is 0 Å². The van der Waals surface area contributed by atoms with E-state index < -0.39 is 8.07 Å². The normalized spacial score (nSPS) is 12.0. The van der Waals surface area contributed by atoms with Crippen LogP contribution in [0, 0.1) is 0 Å². The van der Waals surface area contributed by atoms with Gasteiger partial charge in [-0.2, -0.15) is 0 Å². The smallest absolute Gasteiger partial charge is 0.0486 e. The third kappa shape index (κ3) is 4.96. The molecule has 0 aromatic heterocycles. The fourth-order valence-electron chi connectivity index (χ4n) is 1.10. The molecular weight excluding hydrogens is 140 g/mol. The van der Waals surface area contributed by atoms with Gasteiger partial charge in [-0.3, -0.25) is 0 Å². The van der Waals surface area contributed by atoms with Gasteiger partial charge in [-0.25, -0.2) is 0 Å². The van der Waals surface area contributed by atoms with E-state index in [1.165, 1.54) is 18.5 Å². The van der Waals surface area contributed by atoms with E-state index in [9.17, 15) is 0 Å². The van der Waals surface area contributed by atoms with E-state index in [0.717, 1.165) is 13.1 Å². The van der Waals surface area contributed by atoms with Crippen molar-refractivity contribution in [1.82, 2.24) is 0 Å². The number of hydrogen-bond donors (Lipinski definition) is 2. The van der Waals surface area contributed by atoms with E-state index in [-0.39, 0.29) is 0 Å². The Hall–Kier alpha value is 0.137. The van der Waals surface area contributed by atoms with Crippen LogP contribution in [-0.4, -0.2) is 21.2 Å². The Morgan fingerprint density at radius 2 is 1.60 bits per heavy atom. The van der Waals surface area contributed by atoms with Crippen molar-refractivity contribution in [2.45, 2.75) is 31.6 Å². The van der Waals surface area contributed by atoms with Gasteiger partial charge < -0.3 is 11.5 Å². The monoisotopic (exact) mass is 160 g/mol. The minimum absolute atomic E-state index is 0.834. The van der Waals surface area contributed by atoms with Gasteiger partial charge in [0, 0.05) is 8.07 Å². The molecule has 0 aliphatic carbocycles. The lowest BCUT2D eigenvalue weighted by molar-refractivity contribution is 0.901. The van der Waals surface area contributed by atoms with Crippen LogP contribution in [0.15, 0.2) is 0 Å². The highest BCUT2D eigenvalue weighted by atomic mass is 28.3. The minimum Gasteiger partial charge on any atom is -0.331 e. The van der Waals surface area contributed by atoms with Gasteiger partial charge >= 0.3 is 0 Å². The summed E-state index contributed by atoms with van der Waals surface area (Å²) in [6.07, 6.45) is 1.18. The highest BCUT2D eigenvalue weighted by molar-refractivity contribution is 6.77. The van der Waals surface area contributed by atoms with Gasteiger partial charge in [-0.1, -0.05) is 19.1 Å². The first kappa shape index (κ1) is 10.1. The summed E-state index contributed by atoms with van der Waals surface area (Å²) in [4.78, 5) is 0. The Bertz CT molecular complexity index is 83.7. The molecule has 0 aliphatic heterocycles. The van der Waals surface area contributed by atoms with E-state index in [2.05, 4.69) is 13.1 Å². The van der Waals surface area contributed by atoms with Crippen LogP contribution < -0.4 is 11.5 Å². The molecule has 0 saturated carbocycles. The summed E-state index contributed by atoms with van der Waals surface area (Å²) in [6, 6.07) is 2.58. The SMILES string of the molecule is C[Si](C)(CCN)CCCN. The van der Waals surface area contributed by atoms with Gasteiger partial charge in [-0.15, -0.1) is 0 Å². The molecule has 3 heteroatoms. The average molecular weight is 160 g/mol. The second kappa shape index (κ2) is 4.88. The van der Waals surface area contributed by atoms with E-state index in [4.69, 9.17) is 11.5 Å². The molecule has 0 bridgehead atoms. The van der Waals surface area contributed by atoms with Gasteiger partial charge in [0.2, 0.25) is 0 Å². The fourth-order valence-corrected chi connectivity index (χ4v) is 3.29. The van der Waals surface area contributed by atoms with Gasteiger partial charge in [0.25, 0.3) is 0 Å². The summed E-state index contributed by atoms with van der Waals surface area (Å²) in [5.41, 5.74) is 10.9. The summed E-state index contributed by atoms with van der Waals surface area (Å²) in [5, 5.41) is 0. The molecule has 0 aromatic rings. The molecule has 0 aliphatic rings. The topological polar surface area (TPSA) is 52.0 Å². The van der Waals surface area contributed by atoms with Crippen LogP contribution in [0.2, 0.25) is 25.2 Å². The molecule has 0 fully saturated rings. The molecule has 2 nitrogen and oxygen atoms in total. The molecule has 0 aromatic carbocycles. The molecule has 0 atom stereocenters. The lowest BCUT2D eigenvalue weighted by atomic mass is 10.5. The van der Waals surface area contributed by atoms with Crippen LogP contribution in [0.4, 0.5) is 0 Å². The van der Waals surface area contributed by atoms with E-state index >= 15 is 0 Å². The van der Waals surface area contributed by atoms with Crippen molar-refractivity contribution in [3.63, 3.8) is 0 Å². The van der Waals surface area contributed by atoms with Crippen LogP contribution in [0.5, 0.6) is 0 Å². The maximum Gasteiger partial charge on any atom is 0.0486 e. The standard InChI is InChI=1S/C7H20N2Si/c1-10(2,7-5-9)6-3-4-8/h3-9H2,1-2H3. The molecule has 4 N–H and O–H groups in total. The molecule has 0 radical (unpaired) electrons. The fraction of sp³-hybridized carbons (Fsp3) is 1.00.